The normalized spacial score (nSPS) is 15.1. The molecule has 0 amide bonds. The van der Waals surface area contributed by atoms with E-state index in [2.05, 4.69) is 94.8 Å². The zero-order chi connectivity index (χ0) is 20.1. The number of benzene rings is 2. The lowest BCUT2D eigenvalue weighted by Gasteiger charge is -2.33. The van der Waals surface area contributed by atoms with Crippen molar-refractivity contribution in [2.24, 2.45) is 7.05 Å². The van der Waals surface area contributed by atoms with Gasteiger partial charge >= 0.3 is 0 Å². The van der Waals surface area contributed by atoms with Gasteiger partial charge in [0.05, 0.1) is 0 Å². The maximum absolute atomic E-state index is 2.42. The van der Waals surface area contributed by atoms with E-state index < -0.39 is 0 Å². The van der Waals surface area contributed by atoms with Crippen molar-refractivity contribution >= 4 is 17.0 Å². The van der Waals surface area contributed by atoms with Crippen LogP contribution in [-0.2, 0) is 18.9 Å². The molecule has 1 aliphatic rings. The van der Waals surface area contributed by atoms with Crippen LogP contribution in [0.4, 0.5) is 0 Å². The minimum Gasteiger partial charge on any atom is -0.344 e. The first-order valence-corrected chi connectivity index (χ1v) is 10.7. The Morgan fingerprint density at radius 2 is 1.86 bits per heavy atom. The average molecular weight is 372 g/mol. The maximum Gasteiger partial charge on any atom is 0.0488 e. The molecule has 3 aromatic rings. The van der Waals surface area contributed by atoms with E-state index >= 15 is 0 Å². The Kier molecular flexibility index (Phi) is 4.73. The second kappa shape index (κ2) is 6.95. The Morgan fingerprint density at radius 3 is 2.57 bits per heavy atom. The van der Waals surface area contributed by atoms with Crippen molar-refractivity contribution in [3.05, 3.63) is 76.0 Å². The van der Waals surface area contributed by atoms with Crippen LogP contribution in [0.25, 0.3) is 17.0 Å². The summed E-state index contributed by atoms with van der Waals surface area (Å²) in [6.07, 6.45) is 8.10. The Hall–Kier alpha value is -2.28. The minimum absolute atomic E-state index is 0.0418. The third-order valence-corrected chi connectivity index (χ3v) is 6.97. The molecule has 0 spiro atoms. The summed E-state index contributed by atoms with van der Waals surface area (Å²) in [5.41, 5.74) is 10.2. The number of aryl methyl sites for hydroxylation is 3. The molecule has 0 fully saturated rings. The van der Waals surface area contributed by atoms with Gasteiger partial charge in [0.25, 0.3) is 0 Å². The minimum atomic E-state index is -0.0418. The highest BCUT2D eigenvalue weighted by atomic mass is 14.9. The van der Waals surface area contributed by atoms with E-state index in [4.69, 9.17) is 0 Å². The average Bonchev–Trinajstić information content (AvgIpc) is 2.99. The van der Waals surface area contributed by atoms with Crippen molar-refractivity contribution in [3.8, 4) is 0 Å². The third kappa shape index (κ3) is 2.75. The molecule has 0 aliphatic heterocycles. The fourth-order valence-corrected chi connectivity index (χ4v) is 5.25. The number of nitrogens with zero attached hydrogens (tertiary/aromatic N) is 1. The van der Waals surface area contributed by atoms with E-state index in [0.29, 0.717) is 5.92 Å². The van der Waals surface area contributed by atoms with Crippen LogP contribution in [0.5, 0.6) is 0 Å². The fraction of sp³-hybridized carbons (Fsp3) is 0.407. The number of aromatic nitrogens is 1. The van der Waals surface area contributed by atoms with Gasteiger partial charge in [-0.3, -0.25) is 0 Å². The highest BCUT2D eigenvalue weighted by Gasteiger charge is 2.33. The van der Waals surface area contributed by atoms with Crippen LogP contribution in [0.2, 0.25) is 0 Å². The molecule has 4 rings (SSSR count). The molecule has 1 aliphatic carbocycles. The standard InChI is InChI=1S/C27H33N/c1-7-18(2)20-16-17-24-25(21-13-9-11-15-23(21)28(24)6)26(20)27(4,5)22-14-10-8-12-19(22)3/h8,10-12,14-18H,7,9,13H2,1-6H3. The van der Waals surface area contributed by atoms with E-state index in [0.717, 1.165) is 19.3 Å². The molecular formula is C27H33N. The van der Waals surface area contributed by atoms with Crippen molar-refractivity contribution in [1.29, 1.82) is 0 Å². The monoisotopic (exact) mass is 371 g/mol. The van der Waals surface area contributed by atoms with Crippen LogP contribution in [0.15, 0.2) is 42.5 Å². The van der Waals surface area contributed by atoms with Gasteiger partial charge in [0.1, 0.15) is 0 Å². The molecular weight excluding hydrogens is 338 g/mol. The number of rotatable bonds is 4. The van der Waals surface area contributed by atoms with Crippen molar-refractivity contribution in [1.82, 2.24) is 4.57 Å². The third-order valence-electron chi connectivity index (χ3n) is 6.97. The molecule has 146 valence electrons. The first-order valence-electron chi connectivity index (χ1n) is 10.7. The summed E-state index contributed by atoms with van der Waals surface area (Å²) in [7, 11) is 2.23. The lowest BCUT2D eigenvalue weighted by molar-refractivity contribution is 0.614. The molecule has 0 saturated heterocycles. The molecule has 1 unspecified atom stereocenters. The molecule has 28 heavy (non-hydrogen) atoms. The lowest BCUT2D eigenvalue weighted by Crippen LogP contribution is -2.23. The molecule has 0 bridgehead atoms. The molecule has 1 heteroatoms. The molecule has 0 N–H and O–H groups in total. The summed E-state index contributed by atoms with van der Waals surface area (Å²) >= 11 is 0. The van der Waals surface area contributed by atoms with Crippen LogP contribution in [0.3, 0.4) is 0 Å². The van der Waals surface area contributed by atoms with Gasteiger partial charge in [-0.05, 0) is 72.1 Å². The Labute approximate surface area is 170 Å². The smallest absolute Gasteiger partial charge is 0.0488 e. The molecule has 0 saturated carbocycles. The van der Waals surface area contributed by atoms with Crippen LogP contribution in [0, 0.1) is 6.92 Å². The van der Waals surface area contributed by atoms with Gasteiger partial charge in [0, 0.05) is 29.1 Å². The SMILES string of the molecule is CCC(C)c1ccc2c(c3c(n2C)C=CCC3)c1C(C)(C)c1ccccc1C. The fourth-order valence-electron chi connectivity index (χ4n) is 5.25. The summed E-state index contributed by atoms with van der Waals surface area (Å²) in [5, 5.41) is 1.51. The van der Waals surface area contributed by atoms with Gasteiger partial charge < -0.3 is 4.57 Å². The second-order valence-corrected chi connectivity index (χ2v) is 9.04. The van der Waals surface area contributed by atoms with Crippen LogP contribution >= 0.6 is 0 Å². The number of hydrogen-bond acceptors (Lipinski definition) is 0. The van der Waals surface area contributed by atoms with Gasteiger partial charge in [-0.2, -0.15) is 0 Å². The molecule has 1 aromatic heterocycles. The zero-order valence-electron chi connectivity index (χ0n) is 18.3. The van der Waals surface area contributed by atoms with Crippen LogP contribution in [0.1, 0.15) is 80.0 Å². The van der Waals surface area contributed by atoms with E-state index in [1.54, 1.807) is 11.1 Å². The van der Waals surface area contributed by atoms with Crippen LogP contribution < -0.4 is 0 Å². The predicted molar refractivity (Wildman–Crippen MR) is 122 cm³/mol. The first-order chi connectivity index (χ1) is 13.4. The van der Waals surface area contributed by atoms with Gasteiger partial charge in [-0.25, -0.2) is 0 Å². The van der Waals surface area contributed by atoms with E-state index in [1.165, 1.54) is 33.3 Å². The van der Waals surface area contributed by atoms with E-state index in [9.17, 15) is 0 Å². The second-order valence-electron chi connectivity index (χ2n) is 9.04. The topological polar surface area (TPSA) is 4.93 Å². The maximum atomic E-state index is 2.42. The highest BCUT2D eigenvalue weighted by molar-refractivity contribution is 5.94. The van der Waals surface area contributed by atoms with Crippen molar-refractivity contribution in [3.63, 3.8) is 0 Å². The largest absolute Gasteiger partial charge is 0.344 e. The van der Waals surface area contributed by atoms with Gasteiger partial charge in [0.15, 0.2) is 0 Å². The number of allylic oxidation sites excluding steroid dienone is 1. The van der Waals surface area contributed by atoms with E-state index in [-0.39, 0.29) is 5.41 Å². The van der Waals surface area contributed by atoms with Crippen molar-refractivity contribution < 1.29 is 0 Å². The molecule has 0 radical (unpaired) electrons. The summed E-state index contributed by atoms with van der Waals surface area (Å²) < 4.78 is 2.40. The summed E-state index contributed by atoms with van der Waals surface area (Å²) in [6.45, 7) is 11.8. The predicted octanol–water partition coefficient (Wildman–Crippen LogP) is 7.29. The summed E-state index contributed by atoms with van der Waals surface area (Å²) in [4.78, 5) is 0. The van der Waals surface area contributed by atoms with Crippen molar-refractivity contribution in [2.75, 3.05) is 0 Å². The Balaban J connectivity index is 2.13. The highest BCUT2D eigenvalue weighted by Crippen LogP contribution is 2.45. The molecule has 1 heterocycles. The van der Waals surface area contributed by atoms with E-state index in [1.807, 2.05) is 0 Å². The Bertz CT molecular complexity index is 1060. The van der Waals surface area contributed by atoms with Gasteiger partial charge in [0.2, 0.25) is 0 Å². The zero-order valence-corrected chi connectivity index (χ0v) is 18.3. The van der Waals surface area contributed by atoms with Crippen LogP contribution in [-0.4, -0.2) is 4.57 Å². The van der Waals surface area contributed by atoms with Gasteiger partial charge in [-0.15, -0.1) is 0 Å². The quantitative estimate of drug-likeness (QED) is 0.454. The lowest BCUT2D eigenvalue weighted by atomic mass is 9.70. The number of fused-ring (bicyclic) bond motifs is 3. The molecule has 1 atom stereocenters. The summed E-state index contributed by atoms with van der Waals surface area (Å²) in [5.74, 6) is 0.553. The molecule has 1 nitrogen and oxygen atoms in total. The van der Waals surface area contributed by atoms with Crippen molar-refractivity contribution in [2.45, 2.75) is 65.2 Å². The summed E-state index contributed by atoms with van der Waals surface area (Å²) in [6, 6.07) is 13.7. The first kappa shape index (κ1) is 19.1. The molecule has 2 aromatic carbocycles. The Morgan fingerprint density at radius 1 is 1.11 bits per heavy atom. The van der Waals surface area contributed by atoms with Gasteiger partial charge in [-0.1, -0.05) is 64.1 Å². The number of hydrogen-bond donors (Lipinski definition) is 0.